The topological polar surface area (TPSA) is 117 Å². The molecule has 40 heavy (non-hydrogen) atoms. The third-order valence-electron chi connectivity index (χ3n) is 7.15. The minimum atomic E-state index is -5.08. The van der Waals surface area contributed by atoms with Crippen LogP contribution in [-0.2, 0) is 36.2 Å². The molecule has 5 rings (SSSR count). The van der Waals surface area contributed by atoms with E-state index in [1.807, 2.05) is 65.6 Å². The lowest BCUT2D eigenvalue weighted by Crippen LogP contribution is -2.57. The second-order valence-corrected chi connectivity index (χ2v) is 10.5. The number of nitrogens with zero attached hydrogens (tertiary/aromatic N) is 3. The number of amidine groups is 1. The van der Waals surface area contributed by atoms with E-state index in [1.54, 1.807) is 6.92 Å². The first kappa shape index (κ1) is 29.1. The molecule has 0 aliphatic carbocycles. The van der Waals surface area contributed by atoms with Crippen LogP contribution < -0.4 is 0 Å². The van der Waals surface area contributed by atoms with Crippen LogP contribution in [0.15, 0.2) is 65.7 Å². The SMILES string of the molecule is COC(=O)[C@@]1(C)[C@H]2C(=O)N(Cc3ccccc3)C(=O)[C@H]2[C@H]2CN=C(SCc3ccccc3)N21.O=C(O)C(F)(F)F. The molecular weight excluding hydrogens is 551 g/mol. The normalized spacial score (nSPS) is 25.1. The molecule has 0 unspecified atom stereocenters. The van der Waals surface area contributed by atoms with E-state index in [1.165, 1.54) is 23.8 Å². The summed E-state index contributed by atoms with van der Waals surface area (Å²) in [5.41, 5.74) is 0.716. The molecule has 0 radical (unpaired) electrons. The number of likely N-dealkylation sites (tertiary alicyclic amines) is 1. The number of aliphatic carboxylic acids is 1. The molecule has 9 nitrogen and oxygen atoms in total. The zero-order chi connectivity index (χ0) is 29.2. The number of thioether (sulfide) groups is 1. The van der Waals surface area contributed by atoms with Crippen LogP contribution in [0.1, 0.15) is 18.1 Å². The van der Waals surface area contributed by atoms with Gasteiger partial charge in [-0.1, -0.05) is 72.4 Å². The predicted molar refractivity (Wildman–Crippen MR) is 139 cm³/mol. The Morgan fingerprint density at radius 2 is 1.60 bits per heavy atom. The van der Waals surface area contributed by atoms with Gasteiger partial charge in [-0.2, -0.15) is 13.2 Å². The van der Waals surface area contributed by atoms with E-state index >= 15 is 0 Å². The highest BCUT2D eigenvalue weighted by Gasteiger charge is 2.72. The number of carbonyl (C=O) groups excluding carboxylic acids is 3. The first-order valence-corrected chi connectivity index (χ1v) is 13.2. The molecule has 0 bridgehead atoms. The Balaban J connectivity index is 0.000000470. The fourth-order valence-corrected chi connectivity index (χ4v) is 6.48. The van der Waals surface area contributed by atoms with E-state index in [-0.39, 0.29) is 24.4 Å². The minimum absolute atomic E-state index is 0.200. The number of alkyl halides is 3. The van der Waals surface area contributed by atoms with Crippen LogP contribution in [0.5, 0.6) is 0 Å². The number of carboxylic acids is 1. The van der Waals surface area contributed by atoms with Gasteiger partial charge >= 0.3 is 18.1 Å². The van der Waals surface area contributed by atoms with Gasteiger partial charge in [0, 0.05) is 5.75 Å². The summed E-state index contributed by atoms with van der Waals surface area (Å²) < 4.78 is 36.9. The van der Waals surface area contributed by atoms with Crippen LogP contribution in [-0.4, -0.2) is 75.2 Å². The summed E-state index contributed by atoms with van der Waals surface area (Å²) in [6, 6.07) is 19.1. The number of hydrogen-bond acceptors (Lipinski definition) is 8. The van der Waals surface area contributed by atoms with Crippen molar-refractivity contribution in [1.82, 2.24) is 9.80 Å². The zero-order valence-corrected chi connectivity index (χ0v) is 22.3. The number of methoxy groups -OCH3 is 1. The molecule has 2 aromatic carbocycles. The Kier molecular flexibility index (Phi) is 8.24. The summed E-state index contributed by atoms with van der Waals surface area (Å²) in [6.45, 7) is 2.30. The van der Waals surface area contributed by atoms with Crippen molar-refractivity contribution in [2.75, 3.05) is 13.7 Å². The largest absolute Gasteiger partial charge is 0.490 e. The summed E-state index contributed by atoms with van der Waals surface area (Å²) in [5.74, 6) is -4.56. The van der Waals surface area contributed by atoms with Gasteiger partial charge in [-0.25, -0.2) is 9.59 Å². The third kappa shape index (κ3) is 5.29. The molecule has 2 aromatic rings. The number of amides is 2. The summed E-state index contributed by atoms with van der Waals surface area (Å²) in [7, 11) is 1.32. The smallest absolute Gasteiger partial charge is 0.475 e. The lowest BCUT2D eigenvalue weighted by atomic mass is 9.81. The van der Waals surface area contributed by atoms with Crippen LogP contribution >= 0.6 is 11.8 Å². The summed E-state index contributed by atoms with van der Waals surface area (Å²) >= 11 is 1.52. The van der Waals surface area contributed by atoms with Crippen LogP contribution in [0.25, 0.3) is 0 Å². The number of hydrogen-bond donors (Lipinski definition) is 1. The standard InChI is InChI=1S/C25H25N3O4S.C2HF3O2/c1-25(23(31)32-2)20-19(21(29)27(22(20)30)14-16-9-5-3-6-10-16)18-13-26-24(28(18)25)33-15-17-11-7-4-8-12-17;3-2(4,5)1(6)7/h3-12,18-20H,13-15H2,1-2H3;(H,6,7)/t18-,19+,20-,25-;/m1./s1. The first-order chi connectivity index (χ1) is 18.9. The monoisotopic (exact) mass is 577 g/mol. The zero-order valence-electron chi connectivity index (χ0n) is 21.5. The van der Waals surface area contributed by atoms with Gasteiger partial charge in [-0.05, 0) is 18.1 Å². The second-order valence-electron chi connectivity index (χ2n) is 9.53. The predicted octanol–water partition coefficient (Wildman–Crippen LogP) is 3.34. The van der Waals surface area contributed by atoms with Crippen molar-refractivity contribution < 1.29 is 42.2 Å². The van der Waals surface area contributed by atoms with E-state index in [0.717, 1.165) is 11.1 Å². The van der Waals surface area contributed by atoms with Crippen molar-refractivity contribution in [2.24, 2.45) is 16.8 Å². The van der Waals surface area contributed by atoms with Gasteiger partial charge in [0.1, 0.15) is 5.54 Å². The molecule has 212 valence electrons. The number of halogens is 3. The lowest BCUT2D eigenvalue weighted by Gasteiger charge is -2.37. The second kappa shape index (κ2) is 11.3. The van der Waals surface area contributed by atoms with Crippen molar-refractivity contribution in [3.63, 3.8) is 0 Å². The number of carbonyl (C=O) groups is 4. The van der Waals surface area contributed by atoms with Crippen molar-refractivity contribution in [1.29, 1.82) is 0 Å². The van der Waals surface area contributed by atoms with E-state index in [2.05, 4.69) is 0 Å². The number of rotatable bonds is 5. The van der Waals surface area contributed by atoms with Crippen LogP contribution in [0.3, 0.4) is 0 Å². The third-order valence-corrected chi connectivity index (χ3v) is 8.21. The number of ether oxygens (including phenoxy) is 1. The highest BCUT2D eigenvalue weighted by Crippen LogP contribution is 2.52. The number of fused-ring (bicyclic) bond motifs is 3. The molecule has 2 saturated heterocycles. The molecule has 2 amide bonds. The Morgan fingerprint density at radius 3 is 2.12 bits per heavy atom. The Morgan fingerprint density at radius 1 is 1.05 bits per heavy atom. The van der Waals surface area contributed by atoms with Gasteiger partial charge < -0.3 is 14.7 Å². The van der Waals surface area contributed by atoms with Crippen molar-refractivity contribution in [3.05, 3.63) is 71.8 Å². The fourth-order valence-electron chi connectivity index (χ4n) is 5.36. The van der Waals surface area contributed by atoms with Crippen LogP contribution in [0, 0.1) is 11.8 Å². The van der Waals surface area contributed by atoms with Gasteiger partial charge in [-0.15, -0.1) is 0 Å². The van der Waals surface area contributed by atoms with Crippen molar-refractivity contribution in [2.45, 2.75) is 37.0 Å². The van der Waals surface area contributed by atoms with Gasteiger partial charge in [-0.3, -0.25) is 19.5 Å². The number of benzene rings is 2. The summed E-state index contributed by atoms with van der Waals surface area (Å²) in [6.07, 6.45) is -5.08. The van der Waals surface area contributed by atoms with Gasteiger partial charge in [0.05, 0.1) is 38.1 Å². The van der Waals surface area contributed by atoms with E-state index in [0.29, 0.717) is 17.5 Å². The number of carboxylic acid groups (broad SMARTS) is 1. The highest BCUT2D eigenvalue weighted by molar-refractivity contribution is 8.13. The molecule has 13 heteroatoms. The fraction of sp³-hybridized carbons (Fsp3) is 0.370. The van der Waals surface area contributed by atoms with Crippen molar-refractivity contribution in [3.8, 4) is 0 Å². The maximum Gasteiger partial charge on any atom is 0.490 e. The Hall–Kier alpha value is -3.87. The maximum absolute atomic E-state index is 13.6. The minimum Gasteiger partial charge on any atom is -0.475 e. The molecule has 4 atom stereocenters. The lowest BCUT2D eigenvalue weighted by molar-refractivity contribution is -0.192. The average Bonchev–Trinajstić information content (AvgIpc) is 3.55. The van der Waals surface area contributed by atoms with E-state index in [9.17, 15) is 27.6 Å². The molecule has 2 fully saturated rings. The van der Waals surface area contributed by atoms with Crippen LogP contribution in [0.2, 0.25) is 0 Å². The molecule has 0 aromatic heterocycles. The van der Waals surface area contributed by atoms with E-state index in [4.69, 9.17) is 19.6 Å². The summed E-state index contributed by atoms with van der Waals surface area (Å²) in [4.78, 5) is 57.0. The number of aliphatic imine (C=N–C) groups is 1. The molecule has 3 heterocycles. The first-order valence-electron chi connectivity index (χ1n) is 12.2. The molecule has 3 aliphatic rings. The number of imide groups is 1. The quantitative estimate of drug-likeness (QED) is 0.425. The van der Waals surface area contributed by atoms with Gasteiger partial charge in [0.25, 0.3) is 0 Å². The number of esters is 1. The van der Waals surface area contributed by atoms with Crippen molar-refractivity contribution >= 4 is 40.7 Å². The molecule has 3 aliphatic heterocycles. The Bertz CT molecular complexity index is 1320. The summed E-state index contributed by atoms with van der Waals surface area (Å²) in [5, 5.41) is 7.81. The van der Waals surface area contributed by atoms with Crippen LogP contribution in [0.4, 0.5) is 13.2 Å². The van der Waals surface area contributed by atoms with Gasteiger partial charge in [0.2, 0.25) is 11.8 Å². The van der Waals surface area contributed by atoms with Gasteiger partial charge in [0.15, 0.2) is 5.17 Å². The maximum atomic E-state index is 13.6. The molecule has 0 saturated carbocycles. The van der Waals surface area contributed by atoms with E-state index < -0.39 is 35.5 Å². The molecular formula is C27H26F3N3O6S. The molecule has 1 N–H and O–H groups in total. The Labute approximate surface area is 232 Å². The molecule has 0 spiro atoms. The average molecular weight is 578 g/mol. The highest BCUT2D eigenvalue weighted by atomic mass is 32.2.